The van der Waals surface area contributed by atoms with Crippen LogP contribution < -0.4 is 10.5 Å². The number of nitrogen functional groups attached to an aromatic ring is 1. The number of anilines is 2. The van der Waals surface area contributed by atoms with E-state index in [1.807, 2.05) is 6.92 Å². The molecule has 0 aliphatic carbocycles. The minimum absolute atomic E-state index is 0.0396. The number of sulfonamides is 1. The van der Waals surface area contributed by atoms with Crippen LogP contribution in [0.3, 0.4) is 0 Å². The van der Waals surface area contributed by atoms with Crippen LogP contribution in [0.15, 0.2) is 41.3 Å². The van der Waals surface area contributed by atoms with Crippen molar-refractivity contribution in [3.63, 3.8) is 0 Å². The van der Waals surface area contributed by atoms with Gasteiger partial charge in [0.25, 0.3) is 10.0 Å². The van der Waals surface area contributed by atoms with E-state index in [0.29, 0.717) is 5.69 Å². The van der Waals surface area contributed by atoms with Gasteiger partial charge in [0.2, 0.25) is 0 Å². The van der Waals surface area contributed by atoms with E-state index in [1.165, 1.54) is 12.1 Å². The molecule has 0 amide bonds. The molecule has 0 bridgehead atoms. The second kappa shape index (κ2) is 5.52. The van der Waals surface area contributed by atoms with Crippen LogP contribution in [0.25, 0.3) is 0 Å². The SMILES string of the molecule is Cc1ccc(NS(=O)(=O)c2cc(Cl)c(N)c(Cl)c2)cc1. The lowest BCUT2D eigenvalue weighted by molar-refractivity contribution is 0.601. The van der Waals surface area contributed by atoms with Gasteiger partial charge in [-0.25, -0.2) is 8.42 Å². The highest BCUT2D eigenvalue weighted by Gasteiger charge is 2.17. The molecule has 0 heterocycles. The fourth-order valence-electron chi connectivity index (χ4n) is 1.55. The van der Waals surface area contributed by atoms with Gasteiger partial charge in [0, 0.05) is 5.69 Å². The number of halogens is 2. The predicted octanol–water partition coefficient (Wildman–Crippen LogP) is 3.68. The Balaban J connectivity index is 2.38. The lowest BCUT2D eigenvalue weighted by atomic mass is 10.2. The molecule has 106 valence electrons. The Morgan fingerprint density at radius 3 is 2.05 bits per heavy atom. The first-order valence-electron chi connectivity index (χ1n) is 5.63. The fraction of sp³-hybridized carbons (Fsp3) is 0.0769. The summed E-state index contributed by atoms with van der Waals surface area (Å²) in [4.78, 5) is -0.0396. The van der Waals surface area contributed by atoms with E-state index in [4.69, 9.17) is 28.9 Å². The highest BCUT2D eigenvalue weighted by atomic mass is 35.5. The van der Waals surface area contributed by atoms with Crippen molar-refractivity contribution >= 4 is 44.6 Å². The summed E-state index contributed by atoms with van der Waals surface area (Å²) in [7, 11) is -3.76. The van der Waals surface area contributed by atoms with Crippen LogP contribution in [0.1, 0.15) is 5.56 Å². The molecule has 4 nitrogen and oxygen atoms in total. The molecule has 3 N–H and O–H groups in total. The molecular formula is C13H12Cl2N2O2S. The second-order valence-electron chi connectivity index (χ2n) is 4.27. The Morgan fingerprint density at radius 1 is 1.05 bits per heavy atom. The first-order chi connectivity index (χ1) is 9.29. The summed E-state index contributed by atoms with van der Waals surface area (Å²) in [6.07, 6.45) is 0. The van der Waals surface area contributed by atoms with E-state index >= 15 is 0 Å². The summed E-state index contributed by atoms with van der Waals surface area (Å²) in [6.45, 7) is 1.91. The average Bonchev–Trinajstić information content (AvgIpc) is 2.38. The van der Waals surface area contributed by atoms with Gasteiger partial charge in [0.15, 0.2) is 0 Å². The average molecular weight is 331 g/mol. The lowest BCUT2D eigenvalue weighted by Crippen LogP contribution is -2.13. The Bertz CT molecular complexity index is 720. The molecule has 0 aliphatic heterocycles. The summed E-state index contributed by atoms with van der Waals surface area (Å²) in [5.74, 6) is 0. The van der Waals surface area contributed by atoms with Crippen LogP contribution in [-0.4, -0.2) is 8.42 Å². The maximum Gasteiger partial charge on any atom is 0.261 e. The van der Waals surface area contributed by atoms with Gasteiger partial charge in [-0.3, -0.25) is 4.72 Å². The van der Waals surface area contributed by atoms with Crippen LogP contribution in [-0.2, 0) is 10.0 Å². The normalized spacial score (nSPS) is 11.3. The van der Waals surface area contributed by atoms with Crippen molar-refractivity contribution < 1.29 is 8.42 Å². The molecule has 2 aromatic carbocycles. The van der Waals surface area contributed by atoms with Crippen LogP contribution >= 0.6 is 23.2 Å². The predicted molar refractivity (Wildman–Crippen MR) is 82.9 cm³/mol. The van der Waals surface area contributed by atoms with Gasteiger partial charge in [-0.15, -0.1) is 0 Å². The number of benzene rings is 2. The first kappa shape index (κ1) is 15.0. The van der Waals surface area contributed by atoms with Gasteiger partial charge in [0.1, 0.15) is 0 Å². The van der Waals surface area contributed by atoms with Crippen molar-refractivity contribution in [1.82, 2.24) is 0 Å². The molecule has 0 spiro atoms. The number of nitrogens with one attached hydrogen (secondary N) is 1. The minimum Gasteiger partial charge on any atom is -0.396 e. The van der Waals surface area contributed by atoms with Crippen molar-refractivity contribution in [2.24, 2.45) is 0 Å². The molecule has 0 radical (unpaired) electrons. The zero-order chi connectivity index (χ0) is 14.9. The maximum absolute atomic E-state index is 12.2. The molecule has 0 saturated heterocycles. The third kappa shape index (κ3) is 3.17. The quantitative estimate of drug-likeness (QED) is 0.843. The van der Waals surface area contributed by atoms with Crippen molar-refractivity contribution in [2.75, 3.05) is 10.5 Å². The zero-order valence-corrected chi connectivity index (χ0v) is 12.9. The zero-order valence-electron chi connectivity index (χ0n) is 10.5. The molecular weight excluding hydrogens is 319 g/mol. The van der Waals surface area contributed by atoms with E-state index < -0.39 is 10.0 Å². The molecule has 2 aromatic rings. The van der Waals surface area contributed by atoms with E-state index in [1.54, 1.807) is 24.3 Å². The van der Waals surface area contributed by atoms with Gasteiger partial charge >= 0.3 is 0 Å². The van der Waals surface area contributed by atoms with E-state index in [2.05, 4.69) is 4.72 Å². The number of hydrogen-bond acceptors (Lipinski definition) is 3. The van der Waals surface area contributed by atoms with E-state index in [-0.39, 0.29) is 20.6 Å². The van der Waals surface area contributed by atoms with Crippen LogP contribution in [0, 0.1) is 6.92 Å². The third-order valence-electron chi connectivity index (χ3n) is 2.67. The topological polar surface area (TPSA) is 72.2 Å². The Kier molecular flexibility index (Phi) is 4.13. The Hall–Kier alpha value is -1.43. The van der Waals surface area contributed by atoms with E-state index in [0.717, 1.165) is 5.56 Å². The molecule has 20 heavy (non-hydrogen) atoms. The van der Waals surface area contributed by atoms with Crippen molar-refractivity contribution in [1.29, 1.82) is 0 Å². The molecule has 0 unspecified atom stereocenters. The summed E-state index contributed by atoms with van der Waals surface area (Å²) < 4.78 is 26.9. The van der Waals surface area contributed by atoms with E-state index in [9.17, 15) is 8.42 Å². The number of aryl methyl sites for hydroxylation is 1. The summed E-state index contributed by atoms with van der Waals surface area (Å²) >= 11 is 11.7. The lowest BCUT2D eigenvalue weighted by Gasteiger charge is -2.10. The molecule has 7 heteroatoms. The Morgan fingerprint density at radius 2 is 1.55 bits per heavy atom. The number of rotatable bonds is 3. The largest absolute Gasteiger partial charge is 0.396 e. The first-order valence-corrected chi connectivity index (χ1v) is 7.87. The van der Waals surface area contributed by atoms with Crippen molar-refractivity contribution in [3.8, 4) is 0 Å². The van der Waals surface area contributed by atoms with Crippen molar-refractivity contribution in [2.45, 2.75) is 11.8 Å². The van der Waals surface area contributed by atoms with Gasteiger partial charge in [-0.05, 0) is 31.2 Å². The van der Waals surface area contributed by atoms with Gasteiger partial charge < -0.3 is 5.73 Å². The summed E-state index contributed by atoms with van der Waals surface area (Å²) in [5, 5.41) is 0.198. The smallest absolute Gasteiger partial charge is 0.261 e. The minimum atomic E-state index is -3.76. The third-order valence-corrected chi connectivity index (χ3v) is 4.65. The molecule has 2 rings (SSSR count). The molecule has 0 fully saturated rings. The monoisotopic (exact) mass is 330 g/mol. The maximum atomic E-state index is 12.2. The highest BCUT2D eigenvalue weighted by Crippen LogP contribution is 2.31. The van der Waals surface area contributed by atoms with Gasteiger partial charge in [-0.2, -0.15) is 0 Å². The second-order valence-corrected chi connectivity index (χ2v) is 6.77. The highest BCUT2D eigenvalue weighted by molar-refractivity contribution is 7.92. The fourth-order valence-corrected chi connectivity index (χ4v) is 3.28. The standard InChI is InChI=1S/C13H12Cl2N2O2S/c1-8-2-4-9(5-3-8)17-20(18,19)10-6-11(14)13(16)12(15)7-10/h2-7,17H,16H2,1H3. The van der Waals surface area contributed by atoms with Crippen molar-refractivity contribution in [3.05, 3.63) is 52.0 Å². The Labute approximate surface area is 127 Å². The number of hydrogen-bond donors (Lipinski definition) is 2. The summed E-state index contributed by atoms with van der Waals surface area (Å²) in [5.41, 5.74) is 7.23. The van der Waals surface area contributed by atoms with Crippen LogP contribution in [0.4, 0.5) is 11.4 Å². The van der Waals surface area contributed by atoms with Gasteiger partial charge in [-0.1, -0.05) is 40.9 Å². The molecule has 0 saturated carbocycles. The summed E-state index contributed by atoms with van der Waals surface area (Å²) in [6, 6.07) is 9.49. The molecule has 0 aliphatic rings. The molecule has 0 aromatic heterocycles. The van der Waals surface area contributed by atoms with Crippen LogP contribution in [0.2, 0.25) is 10.0 Å². The molecule has 0 atom stereocenters. The van der Waals surface area contributed by atoms with Gasteiger partial charge in [0.05, 0.1) is 20.6 Å². The van der Waals surface area contributed by atoms with Crippen LogP contribution in [0.5, 0.6) is 0 Å². The number of nitrogens with two attached hydrogens (primary N) is 1.